The molecule has 0 atom stereocenters. The third kappa shape index (κ3) is 6.23. The van der Waals surface area contributed by atoms with Gasteiger partial charge >= 0.3 is 0 Å². The van der Waals surface area contributed by atoms with Crippen LogP contribution < -0.4 is 4.90 Å². The molecule has 0 aliphatic rings. The van der Waals surface area contributed by atoms with Crippen LogP contribution in [0.1, 0.15) is 0 Å². The second kappa shape index (κ2) is 14.7. The van der Waals surface area contributed by atoms with Gasteiger partial charge in [-0.3, -0.25) is 0 Å². The Balaban J connectivity index is 1.05. The Hall–Kier alpha value is -8.41. The van der Waals surface area contributed by atoms with Gasteiger partial charge < -0.3 is 9.32 Å². The van der Waals surface area contributed by atoms with Crippen molar-refractivity contribution < 1.29 is 4.42 Å². The number of anilines is 3. The maximum atomic E-state index is 7.08. The van der Waals surface area contributed by atoms with Crippen molar-refractivity contribution in [2.75, 3.05) is 4.90 Å². The Morgan fingerprint density at radius 3 is 1.40 bits per heavy atom. The summed E-state index contributed by atoms with van der Waals surface area (Å²) in [5.41, 5.74) is 9.62. The van der Waals surface area contributed by atoms with E-state index in [1.54, 1.807) is 0 Å². The fourth-order valence-electron chi connectivity index (χ4n) is 8.75. The molecular weight excluding hydrogens is 757 g/mol. The van der Waals surface area contributed by atoms with E-state index in [0.717, 1.165) is 93.6 Å². The van der Waals surface area contributed by atoms with Crippen LogP contribution in [0.4, 0.5) is 17.1 Å². The van der Waals surface area contributed by atoms with E-state index in [1.807, 2.05) is 6.07 Å². The van der Waals surface area contributed by atoms with Gasteiger partial charge in [-0.15, -0.1) is 0 Å². The molecule has 62 heavy (non-hydrogen) atoms. The van der Waals surface area contributed by atoms with E-state index in [1.165, 1.54) is 5.56 Å². The molecule has 12 aromatic rings. The lowest BCUT2D eigenvalue weighted by Crippen LogP contribution is -2.10. The topological polar surface area (TPSA) is 55.1 Å². The van der Waals surface area contributed by atoms with Crippen LogP contribution in [0.2, 0.25) is 0 Å². The first-order chi connectivity index (χ1) is 30.7. The van der Waals surface area contributed by atoms with Crippen LogP contribution in [0.25, 0.3) is 99.5 Å². The van der Waals surface area contributed by atoms with Gasteiger partial charge in [0, 0.05) is 44.2 Å². The molecule has 5 heteroatoms. The molecule has 0 radical (unpaired) electrons. The number of furan rings is 1. The zero-order valence-electron chi connectivity index (χ0n) is 33.5. The van der Waals surface area contributed by atoms with Crippen LogP contribution in [-0.2, 0) is 0 Å². The van der Waals surface area contributed by atoms with Gasteiger partial charge in [0.25, 0.3) is 0 Å². The van der Waals surface area contributed by atoms with Crippen LogP contribution in [-0.4, -0.2) is 15.0 Å². The molecule has 0 spiro atoms. The van der Waals surface area contributed by atoms with Crippen molar-refractivity contribution in [1.29, 1.82) is 0 Å². The standard InChI is InChI=1S/C57H36N4O/c1-3-13-37(14-4-1)40-27-30-48(31-28-40)61(47-20-5-2-6-21-47)53-49-22-12-11-19-43(49)35-51-50-32-29-46(36-52(50)62-54(51)53)57-59-55(44-25-23-38-15-7-9-17-41(38)33-44)58-56(60-57)45-26-24-39-16-8-10-18-42(39)34-45/h1-36H. The molecule has 5 nitrogen and oxygen atoms in total. The van der Waals surface area contributed by atoms with Crippen LogP contribution in [0.5, 0.6) is 0 Å². The summed E-state index contributed by atoms with van der Waals surface area (Å²) in [7, 11) is 0. The number of hydrogen-bond acceptors (Lipinski definition) is 5. The molecule has 0 fully saturated rings. The number of para-hydroxylation sites is 1. The van der Waals surface area contributed by atoms with E-state index in [-0.39, 0.29) is 0 Å². The Bertz CT molecular complexity index is 3540. The minimum Gasteiger partial charge on any atom is -0.454 e. The normalized spacial score (nSPS) is 11.5. The number of rotatable bonds is 7. The van der Waals surface area contributed by atoms with E-state index in [4.69, 9.17) is 19.4 Å². The average molecular weight is 793 g/mol. The molecule has 0 saturated heterocycles. The summed E-state index contributed by atoms with van der Waals surface area (Å²) >= 11 is 0. The predicted octanol–water partition coefficient (Wildman–Crippen LogP) is 15.4. The molecule has 0 N–H and O–H groups in total. The quantitative estimate of drug-likeness (QED) is 0.161. The third-order valence-electron chi connectivity index (χ3n) is 11.8. The van der Waals surface area contributed by atoms with Crippen LogP contribution in [0.15, 0.2) is 223 Å². The van der Waals surface area contributed by atoms with E-state index >= 15 is 0 Å². The monoisotopic (exact) mass is 792 g/mol. The van der Waals surface area contributed by atoms with Crippen LogP contribution >= 0.6 is 0 Å². The van der Waals surface area contributed by atoms with Gasteiger partial charge in [0.05, 0.1) is 5.69 Å². The summed E-state index contributed by atoms with van der Waals surface area (Å²) in [6.45, 7) is 0. The fraction of sp³-hybridized carbons (Fsp3) is 0. The highest BCUT2D eigenvalue weighted by Crippen LogP contribution is 2.47. The number of fused-ring (bicyclic) bond motifs is 6. The Morgan fingerprint density at radius 2 is 0.774 bits per heavy atom. The zero-order valence-corrected chi connectivity index (χ0v) is 33.5. The minimum absolute atomic E-state index is 0.573. The van der Waals surface area contributed by atoms with E-state index < -0.39 is 0 Å². The van der Waals surface area contributed by atoms with Crippen molar-refractivity contribution in [3.8, 4) is 45.3 Å². The predicted molar refractivity (Wildman–Crippen MR) is 256 cm³/mol. The first-order valence-electron chi connectivity index (χ1n) is 20.8. The first kappa shape index (κ1) is 35.5. The molecular formula is C57H36N4O. The summed E-state index contributed by atoms with van der Waals surface area (Å²) < 4.78 is 7.08. The summed E-state index contributed by atoms with van der Waals surface area (Å²) in [5, 5.41) is 8.85. The lowest BCUT2D eigenvalue weighted by molar-refractivity contribution is 0.669. The van der Waals surface area contributed by atoms with E-state index in [2.05, 4.69) is 217 Å². The third-order valence-corrected chi connectivity index (χ3v) is 11.8. The van der Waals surface area contributed by atoms with Gasteiger partial charge in [-0.25, -0.2) is 15.0 Å². The number of benzene rings is 10. The number of nitrogens with zero attached hydrogens (tertiary/aromatic N) is 4. The average Bonchev–Trinajstić information content (AvgIpc) is 3.71. The highest BCUT2D eigenvalue weighted by Gasteiger charge is 2.23. The minimum atomic E-state index is 0.573. The molecule has 0 unspecified atom stereocenters. The Morgan fingerprint density at radius 1 is 0.306 bits per heavy atom. The fourth-order valence-corrected chi connectivity index (χ4v) is 8.75. The highest BCUT2D eigenvalue weighted by molar-refractivity contribution is 6.19. The number of hydrogen-bond donors (Lipinski definition) is 0. The highest BCUT2D eigenvalue weighted by atomic mass is 16.3. The van der Waals surface area contributed by atoms with Crippen molar-refractivity contribution >= 4 is 71.3 Å². The number of aromatic nitrogens is 3. The van der Waals surface area contributed by atoms with Crippen molar-refractivity contribution in [1.82, 2.24) is 15.0 Å². The van der Waals surface area contributed by atoms with Crippen molar-refractivity contribution in [3.63, 3.8) is 0 Å². The second-order valence-electron chi connectivity index (χ2n) is 15.6. The maximum Gasteiger partial charge on any atom is 0.164 e. The molecule has 290 valence electrons. The van der Waals surface area contributed by atoms with Gasteiger partial charge in [0.2, 0.25) is 0 Å². The molecule has 2 aromatic heterocycles. The van der Waals surface area contributed by atoms with Gasteiger partial charge in [-0.05, 0) is 92.7 Å². The zero-order chi connectivity index (χ0) is 41.0. The summed E-state index contributed by atoms with van der Waals surface area (Å²) in [4.78, 5) is 17.7. The second-order valence-corrected chi connectivity index (χ2v) is 15.6. The lowest BCUT2D eigenvalue weighted by atomic mass is 10.0. The maximum absolute atomic E-state index is 7.08. The lowest BCUT2D eigenvalue weighted by Gasteiger charge is -2.27. The van der Waals surface area contributed by atoms with Crippen LogP contribution in [0.3, 0.4) is 0 Å². The Kier molecular flexibility index (Phi) is 8.42. The largest absolute Gasteiger partial charge is 0.454 e. The smallest absolute Gasteiger partial charge is 0.164 e. The van der Waals surface area contributed by atoms with E-state index in [9.17, 15) is 0 Å². The molecule has 10 aromatic carbocycles. The van der Waals surface area contributed by atoms with Gasteiger partial charge in [-0.2, -0.15) is 0 Å². The van der Waals surface area contributed by atoms with E-state index in [0.29, 0.717) is 17.5 Å². The first-order valence-corrected chi connectivity index (χ1v) is 20.8. The molecule has 0 aliphatic heterocycles. The van der Waals surface area contributed by atoms with Crippen molar-refractivity contribution in [2.24, 2.45) is 0 Å². The SMILES string of the molecule is c1ccc(-c2ccc(N(c3ccccc3)c3c4ccccc4cc4c3oc3cc(-c5nc(-c6ccc7ccccc7c6)nc(-c6ccc7ccccc7c6)n5)ccc34)cc2)cc1. The van der Waals surface area contributed by atoms with Crippen molar-refractivity contribution in [2.45, 2.75) is 0 Å². The molecule has 0 bridgehead atoms. The molecule has 12 rings (SSSR count). The summed E-state index contributed by atoms with van der Waals surface area (Å²) in [6, 6.07) is 76.4. The van der Waals surface area contributed by atoms with Gasteiger partial charge in [0.15, 0.2) is 23.1 Å². The Labute approximate surface area is 357 Å². The summed E-state index contributed by atoms with van der Waals surface area (Å²) in [5.74, 6) is 1.79. The van der Waals surface area contributed by atoms with Crippen LogP contribution in [0, 0.1) is 0 Å². The van der Waals surface area contributed by atoms with Gasteiger partial charge in [-0.1, -0.05) is 164 Å². The summed E-state index contributed by atoms with van der Waals surface area (Å²) in [6.07, 6.45) is 0. The molecule has 0 saturated carbocycles. The van der Waals surface area contributed by atoms with Gasteiger partial charge in [0.1, 0.15) is 5.58 Å². The molecule has 2 heterocycles. The van der Waals surface area contributed by atoms with Crippen molar-refractivity contribution in [3.05, 3.63) is 218 Å². The molecule has 0 aliphatic carbocycles. The molecule has 0 amide bonds.